The Bertz CT molecular complexity index is 816. The molecule has 4 heteroatoms. The number of nitrogens with two attached hydrogens (primary N) is 1. The number of hydrogen-bond donors (Lipinski definition) is 2. The first-order chi connectivity index (χ1) is 10.6. The Kier molecular flexibility index (Phi) is 3.74. The number of carbonyl (C=O) groups is 1. The molecule has 1 aromatic heterocycles. The van der Waals surface area contributed by atoms with Crippen LogP contribution in [-0.2, 0) is 11.2 Å². The van der Waals surface area contributed by atoms with Gasteiger partial charge in [0.25, 0.3) is 0 Å². The first-order valence-electron chi connectivity index (χ1n) is 7.07. The van der Waals surface area contributed by atoms with Crippen LogP contribution in [0.15, 0.2) is 60.7 Å². The van der Waals surface area contributed by atoms with Crippen molar-refractivity contribution < 1.29 is 9.90 Å². The maximum absolute atomic E-state index is 11.7. The fourth-order valence-corrected chi connectivity index (χ4v) is 2.61. The molecule has 0 aliphatic carbocycles. The van der Waals surface area contributed by atoms with Gasteiger partial charge in [0.1, 0.15) is 5.82 Å². The van der Waals surface area contributed by atoms with Crippen molar-refractivity contribution in [1.82, 2.24) is 4.98 Å². The van der Waals surface area contributed by atoms with Gasteiger partial charge in [0.15, 0.2) is 0 Å². The van der Waals surface area contributed by atoms with E-state index in [0.29, 0.717) is 12.0 Å². The zero-order chi connectivity index (χ0) is 15.5. The molecule has 0 fully saturated rings. The third-order valence-corrected chi connectivity index (χ3v) is 3.74. The summed E-state index contributed by atoms with van der Waals surface area (Å²) in [6.07, 6.45) is 0.389. The minimum absolute atomic E-state index is 0.280. The summed E-state index contributed by atoms with van der Waals surface area (Å²) in [5.41, 5.74) is 8.30. The Hall–Kier alpha value is -2.88. The number of carboxylic acids is 1. The molecule has 1 unspecified atom stereocenters. The van der Waals surface area contributed by atoms with E-state index < -0.39 is 11.9 Å². The number of nitrogens with zero attached hydrogens (tertiary/aromatic N) is 1. The average molecular weight is 292 g/mol. The maximum Gasteiger partial charge on any atom is 0.311 e. The first-order valence-corrected chi connectivity index (χ1v) is 7.07. The molecule has 0 aliphatic rings. The van der Waals surface area contributed by atoms with Crippen molar-refractivity contribution in [1.29, 1.82) is 0 Å². The van der Waals surface area contributed by atoms with E-state index in [1.807, 2.05) is 60.7 Å². The van der Waals surface area contributed by atoms with Crippen LogP contribution in [0.1, 0.15) is 17.0 Å². The van der Waals surface area contributed by atoms with Crippen LogP contribution in [-0.4, -0.2) is 16.1 Å². The summed E-state index contributed by atoms with van der Waals surface area (Å²) in [6, 6.07) is 18.9. The van der Waals surface area contributed by atoms with E-state index in [0.717, 1.165) is 16.5 Å². The smallest absolute Gasteiger partial charge is 0.311 e. The van der Waals surface area contributed by atoms with E-state index in [9.17, 15) is 9.90 Å². The van der Waals surface area contributed by atoms with Crippen LogP contribution in [0, 0.1) is 0 Å². The fraction of sp³-hybridized carbons (Fsp3) is 0.111. The van der Waals surface area contributed by atoms with Gasteiger partial charge in [-0.2, -0.15) is 0 Å². The van der Waals surface area contributed by atoms with E-state index in [1.54, 1.807) is 0 Å². The molecule has 0 amide bonds. The number of aliphatic carboxylic acids is 1. The van der Waals surface area contributed by atoms with Gasteiger partial charge in [-0.1, -0.05) is 48.5 Å². The zero-order valence-electron chi connectivity index (χ0n) is 11.9. The molecule has 1 heterocycles. The van der Waals surface area contributed by atoms with Crippen LogP contribution >= 0.6 is 0 Å². The highest BCUT2D eigenvalue weighted by atomic mass is 16.4. The van der Waals surface area contributed by atoms with Crippen molar-refractivity contribution >= 4 is 22.7 Å². The number of rotatable bonds is 4. The maximum atomic E-state index is 11.7. The van der Waals surface area contributed by atoms with E-state index >= 15 is 0 Å². The molecular weight excluding hydrogens is 276 g/mol. The molecule has 1 atom stereocenters. The first kappa shape index (κ1) is 14.1. The standard InChI is InChI=1S/C18H16N2O2/c19-17-14(11-13-8-4-5-9-16(13)20-17)15(18(21)22)10-12-6-2-1-3-7-12/h1-9,11,15H,10H2,(H2,19,20)(H,21,22). The Morgan fingerprint density at radius 1 is 1.09 bits per heavy atom. The van der Waals surface area contributed by atoms with Crippen LogP contribution in [0.5, 0.6) is 0 Å². The van der Waals surface area contributed by atoms with Gasteiger partial charge in [0.05, 0.1) is 11.4 Å². The second-order valence-corrected chi connectivity index (χ2v) is 5.24. The minimum Gasteiger partial charge on any atom is -0.481 e. The van der Waals surface area contributed by atoms with Crippen LogP contribution in [0.3, 0.4) is 0 Å². The summed E-state index contributed by atoms with van der Waals surface area (Å²) in [4.78, 5) is 16.0. The topological polar surface area (TPSA) is 76.2 Å². The Labute approximate surface area is 128 Å². The third-order valence-electron chi connectivity index (χ3n) is 3.74. The highest BCUT2D eigenvalue weighted by Gasteiger charge is 2.23. The number of para-hydroxylation sites is 1. The predicted octanol–water partition coefficient (Wildman–Crippen LogP) is 3.23. The lowest BCUT2D eigenvalue weighted by atomic mass is 9.91. The lowest BCUT2D eigenvalue weighted by Gasteiger charge is -2.15. The summed E-state index contributed by atoms with van der Waals surface area (Å²) in [5.74, 6) is -1.32. The van der Waals surface area contributed by atoms with Crippen LogP contribution in [0.4, 0.5) is 5.82 Å². The van der Waals surface area contributed by atoms with Crippen molar-refractivity contribution in [2.75, 3.05) is 5.73 Å². The number of pyridine rings is 1. The largest absolute Gasteiger partial charge is 0.481 e. The highest BCUT2D eigenvalue weighted by Crippen LogP contribution is 2.28. The highest BCUT2D eigenvalue weighted by molar-refractivity contribution is 5.85. The summed E-state index contributed by atoms with van der Waals surface area (Å²) in [7, 11) is 0. The van der Waals surface area contributed by atoms with E-state index in [1.165, 1.54) is 0 Å². The van der Waals surface area contributed by atoms with Gasteiger partial charge < -0.3 is 10.8 Å². The van der Waals surface area contributed by atoms with Gasteiger partial charge in [-0.15, -0.1) is 0 Å². The summed E-state index contributed by atoms with van der Waals surface area (Å²) < 4.78 is 0. The number of nitrogen functional groups attached to an aromatic ring is 1. The minimum atomic E-state index is -0.896. The number of hydrogen-bond acceptors (Lipinski definition) is 3. The SMILES string of the molecule is Nc1nc2ccccc2cc1C(Cc1ccccc1)C(=O)O. The number of fused-ring (bicyclic) bond motifs is 1. The van der Waals surface area contributed by atoms with E-state index in [2.05, 4.69) is 4.98 Å². The molecule has 3 N–H and O–H groups in total. The molecule has 0 spiro atoms. The van der Waals surface area contributed by atoms with Gasteiger partial charge in [-0.3, -0.25) is 4.79 Å². The molecule has 2 aromatic carbocycles. The molecule has 3 rings (SSSR count). The average Bonchev–Trinajstić information content (AvgIpc) is 2.53. The second-order valence-electron chi connectivity index (χ2n) is 5.24. The predicted molar refractivity (Wildman–Crippen MR) is 86.7 cm³/mol. The number of aromatic nitrogens is 1. The Morgan fingerprint density at radius 3 is 2.50 bits per heavy atom. The lowest BCUT2D eigenvalue weighted by Crippen LogP contribution is -2.17. The van der Waals surface area contributed by atoms with Crippen molar-refractivity contribution in [3.63, 3.8) is 0 Å². The number of carboxylic acid groups (broad SMARTS) is 1. The summed E-state index contributed by atoms with van der Waals surface area (Å²) >= 11 is 0. The van der Waals surface area contributed by atoms with E-state index in [-0.39, 0.29) is 5.82 Å². The molecule has 0 bridgehead atoms. The van der Waals surface area contributed by atoms with Crippen molar-refractivity contribution in [2.24, 2.45) is 0 Å². The normalized spacial score (nSPS) is 12.2. The van der Waals surface area contributed by atoms with Crippen LogP contribution < -0.4 is 5.73 Å². The van der Waals surface area contributed by atoms with E-state index in [4.69, 9.17) is 5.73 Å². The molecule has 0 aliphatic heterocycles. The second kappa shape index (κ2) is 5.85. The molecule has 22 heavy (non-hydrogen) atoms. The van der Waals surface area contributed by atoms with Gasteiger partial charge in [0.2, 0.25) is 0 Å². The monoisotopic (exact) mass is 292 g/mol. The van der Waals surface area contributed by atoms with Crippen LogP contribution in [0.2, 0.25) is 0 Å². The summed E-state index contributed by atoms with van der Waals surface area (Å²) in [5, 5.41) is 10.5. The number of anilines is 1. The Morgan fingerprint density at radius 2 is 1.77 bits per heavy atom. The Balaban J connectivity index is 2.05. The molecule has 0 radical (unpaired) electrons. The quantitative estimate of drug-likeness (QED) is 0.774. The molecule has 110 valence electrons. The van der Waals surface area contributed by atoms with Gasteiger partial charge in [-0.05, 0) is 24.1 Å². The van der Waals surface area contributed by atoms with Gasteiger partial charge in [0, 0.05) is 10.9 Å². The van der Waals surface area contributed by atoms with Crippen molar-refractivity contribution in [3.05, 3.63) is 71.8 Å². The molecule has 4 nitrogen and oxygen atoms in total. The summed E-state index contributed by atoms with van der Waals surface area (Å²) in [6.45, 7) is 0. The molecular formula is C18H16N2O2. The lowest BCUT2D eigenvalue weighted by molar-refractivity contribution is -0.138. The van der Waals surface area contributed by atoms with Crippen molar-refractivity contribution in [3.8, 4) is 0 Å². The molecule has 0 saturated heterocycles. The van der Waals surface area contributed by atoms with Crippen molar-refractivity contribution in [2.45, 2.75) is 12.3 Å². The fourth-order valence-electron chi connectivity index (χ4n) is 2.61. The van der Waals surface area contributed by atoms with Gasteiger partial charge in [-0.25, -0.2) is 4.98 Å². The molecule has 3 aromatic rings. The zero-order valence-corrected chi connectivity index (χ0v) is 11.9. The third kappa shape index (κ3) is 2.76. The number of benzene rings is 2. The van der Waals surface area contributed by atoms with Gasteiger partial charge >= 0.3 is 5.97 Å². The molecule has 0 saturated carbocycles. The van der Waals surface area contributed by atoms with Crippen LogP contribution in [0.25, 0.3) is 10.9 Å².